The van der Waals surface area contributed by atoms with Crippen molar-refractivity contribution >= 4 is 17.3 Å². The van der Waals surface area contributed by atoms with Crippen LogP contribution in [-0.2, 0) is 9.47 Å². The first-order chi connectivity index (χ1) is 9.26. The summed E-state index contributed by atoms with van der Waals surface area (Å²) in [6.45, 7) is 2.51. The number of ether oxygens (including phenoxy) is 2. The van der Waals surface area contributed by atoms with Gasteiger partial charge in [-0.05, 0) is 12.5 Å². The lowest BCUT2D eigenvalue weighted by atomic mass is 10.1. The third-order valence-corrected chi connectivity index (χ3v) is 3.46. The number of rotatable bonds is 5. The largest absolute Gasteiger partial charge is 0.464 e. The van der Waals surface area contributed by atoms with Gasteiger partial charge in [-0.15, -0.1) is 11.3 Å². The normalized spacial score (nSPS) is 12.1. The van der Waals surface area contributed by atoms with Gasteiger partial charge in [-0.3, -0.25) is 0 Å². The minimum absolute atomic E-state index is 0.241. The molecule has 5 heteroatoms. The molecule has 0 saturated heterocycles. The third-order valence-electron chi connectivity index (χ3n) is 2.58. The van der Waals surface area contributed by atoms with E-state index in [1.54, 1.807) is 5.38 Å². The van der Waals surface area contributed by atoms with E-state index in [2.05, 4.69) is 9.72 Å². The average molecular weight is 277 g/mol. The molecule has 0 aliphatic carbocycles. The van der Waals surface area contributed by atoms with Crippen molar-refractivity contribution in [2.24, 2.45) is 0 Å². The molecule has 1 aromatic carbocycles. The number of hydrogen-bond donors (Lipinski definition) is 0. The molecule has 0 saturated carbocycles. The van der Waals surface area contributed by atoms with Gasteiger partial charge >= 0.3 is 5.97 Å². The second-order valence-corrected chi connectivity index (χ2v) is 4.70. The molecule has 0 radical (unpaired) electrons. The molecule has 0 aliphatic rings. The Hall–Kier alpha value is -1.72. The minimum Gasteiger partial charge on any atom is -0.464 e. The number of methoxy groups -OCH3 is 1. The van der Waals surface area contributed by atoms with Crippen molar-refractivity contribution in [3.63, 3.8) is 0 Å². The lowest BCUT2D eigenvalue weighted by Crippen LogP contribution is -2.07. The molecular formula is C14H15NO3S. The SMILES string of the molecule is CCOC(c1ccccc1)c1nc(C(=O)OC)cs1. The molecule has 1 unspecified atom stereocenters. The Morgan fingerprint density at radius 1 is 1.37 bits per heavy atom. The molecule has 2 rings (SSSR count). The average Bonchev–Trinajstić information content (AvgIpc) is 2.94. The Morgan fingerprint density at radius 3 is 2.74 bits per heavy atom. The summed E-state index contributed by atoms with van der Waals surface area (Å²) >= 11 is 1.40. The Balaban J connectivity index is 2.29. The van der Waals surface area contributed by atoms with Gasteiger partial charge in [-0.2, -0.15) is 0 Å². The molecule has 0 bridgehead atoms. The monoisotopic (exact) mass is 277 g/mol. The molecule has 0 aliphatic heterocycles. The van der Waals surface area contributed by atoms with Gasteiger partial charge in [0.05, 0.1) is 7.11 Å². The van der Waals surface area contributed by atoms with E-state index >= 15 is 0 Å². The van der Waals surface area contributed by atoms with E-state index in [4.69, 9.17) is 4.74 Å². The van der Waals surface area contributed by atoms with Crippen LogP contribution in [0.2, 0.25) is 0 Å². The first kappa shape index (κ1) is 13.7. The highest BCUT2D eigenvalue weighted by Gasteiger charge is 2.20. The summed E-state index contributed by atoms with van der Waals surface area (Å²) in [6, 6.07) is 9.83. The minimum atomic E-state index is -0.425. The van der Waals surface area contributed by atoms with Crippen molar-refractivity contribution in [1.29, 1.82) is 0 Å². The number of nitrogens with zero attached hydrogens (tertiary/aromatic N) is 1. The smallest absolute Gasteiger partial charge is 0.357 e. The maximum absolute atomic E-state index is 11.4. The van der Waals surface area contributed by atoms with Crippen LogP contribution in [0.25, 0.3) is 0 Å². The van der Waals surface area contributed by atoms with Crippen molar-refractivity contribution < 1.29 is 14.3 Å². The quantitative estimate of drug-likeness (QED) is 0.788. The van der Waals surface area contributed by atoms with Gasteiger partial charge in [0.1, 0.15) is 11.1 Å². The molecule has 1 heterocycles. The second kappa shape index (κ2) is 6.45. The van der Waals surface area contributed by atoms with Gasteiger partial charge in [-0.1, -0.05) is 30.3 Å². The summed E-state index contributed by atoms with van der Waals surface area (Å²) in [4.78, 5) is 15.7. The van der Waals surface area contributed by atoms with E-state index in [1.807, 2.05) is 37.3 Å². The van der Waals surface area contributed by atoms with Crippen LogP contribution in [0.4, 0.5) is 0 Å². The number of esters is 1. The van der Waals surface area contributed by atoms with E-state index in [-0.39, 0.29) is 6.10 Å². The van der Waals surface area contributed by atoms with Gasteiger partial charge in [0.15, 0.2) is 5.69 Å². The number of carbonyl (C=O) groups excluding carboxylic acids is 1. The second-order valence-electron chi connectivity index (χ2n) is 3.81. The predicted molar refractivity (Wildman–Crippen MR) is 73.4 cm³/mol. The predicted octanol–water partition coefficient (Wildman–Crippen LogP) is 3.06. The zero-order valence-electron chi connectivity index (χ0n) is 10.8. The van der Waals surface area contributed by atoms with E-state index in [0.29, 0.717) is 12.3 Å². The van der Waals surface area contributed by atoms with Crippen molar-refractivity contribution in [1.82, 2.24) is 4.98 Å². The maximum atomic E-state index is 11.4. The topological polar surface area (TPSA) is 48.4 Å². The Labute approximate surface area is 116 Å². The van der Waals surface area contributed by atoms with Crippen molar-refractivity contribution in [2.45, 2.75) is 13.0 Å². The number of aromatic nitrogens is 1. The van der Waals surface area contributed by atoms with Gasteiger partial charge in [-0.25, -0.2) is 9.78 Å². The van der Waals surface area contributed by atoms with E-state index in [0.717, 1.165) is 10.6 Å². The summed E-state index contributed by atoms with van der Waals surface area (Å²) in [7, 11) is 1.35. The van der Waals surface area contributed by atoms with Gasteiger partial charge in [0.25, 0.3) is 0 Å². The van der Waals surface area contributed by atoms with E-state index < -0.39 is 5.97 Å². The number of carbonyl (C=O) groups is 1. The fourth-order valence-electron chi connectivity index (χ4n) is 1.71. The highest BCUT2D eigenvalue weighted by Crippen LogP contribution is 2.28. The fourth-order valence-corrected chi connectivity index (χ4v) is 2.57. The molecule has 4 nitrogen and oxygen atoms in total. The maximum Gasteiger partial charge on any atom is 0.357 e. The number of benzene rings is 1. The van der Waals surface area contributed by atoms with Crippen LogP contribution in [0.15, 0.2) is 35.7 Å². The Bertz CT molecular complexity index is 539. The first-order valence-electron chi connectivity index (χ1n) is 5.96. The zero-order valence-corrected chi connectivity index (χ0v) is 11.6. The molecule has 0 amide bonds. The van der Waals surface area contributed by atoms with Gasteiger partial charge in [0, 0.05) is 12.0 Å². The summed E-state index contributed by atoms with van der Waals surface area (Å²) in [5.74, 6) is -0.425. The molecule has 0 spiro atoms. The number of thiazole rings is 1. The first-order valence-corrected chi connectivity index (χ1v) is 6.84. The Morgan fingerprint density at radius 2 is 2.11 bits per heavy atom. The van der Waals surface area contributed by atoms with Crippen LogP contribution >= 0.6 is 11.3 Å². The zero-order chi connectivity index (χ0) is 13.7. The van der Waals surface area contributed by atoms with Crippen LogP contribution < -0.4 is 0 Å². The molecular weight excluding hydrogens is 262 g/mol. The highest BCUT2D eigenvalue weighted by molar-refractivity contribution is 7.09. The summed E-state index contributed by atoms with van der Waals surface area (Å²) in [5, 5.41) is 2.45. The van der Waals surface area contributed by atoms with E-state index in [9.17, 15) is 4.79 Å². The molecule has 0 N–H and O–H groups in total. The number of hydrogen-bond acceptors (Lipinski definition) is 5. The van der Waals surface area contributed by atoms with Gasteiger partial charge < -0.3 is 9.47 Å². The van der Waals surface area contributed by atoms with Crippen LogP contribution in [0.1, 0.15) is 34.1 Å². The summed E-state index contributed by atoms with van der Waals surface area (Å²) < 4.78 is 10.4. The van der Waals surface area contributed by atoms with Crippen LogP contribution in [0.5, 0.6) is 0 Å². The molecule has 2 aromatic rings. The molecule has 100 valence electrons. The fraction of sp³-hybridized carbons (Fsp3) is 0.286. The van der Waals surface area contributed by atoms with Gasteiger partial charge in [0.2, 0.25) is 0 Å². The third kappa shape index (κ3) is 3.19. The van der Waals surface area contributed by atoms with Crippen LogP contribution in [0, 0.1) is 0 Å². The standard InChI is InChI=1S/C14H15NO3S/c1-3-18-12(10-7-5-4-6-8-10)13-15-11(9-19-13)14(16)17-2/h4-9,12H,3H2,1-2H3. The Kier molecular flexibility index (Phi) is 4.65. The highest BCUT2D eigenvalue weighted by atomic mass is 32.1. The molecule has 1 aromatic heterocycles. The van der Waals surface area contributed by atoms with Crippen molar-refractivity contribution in [3.05, 3.63) is 52.0 Å². The lowest BCUT2D eigenvalue weighted by Gasteiger charge is -2.14. The van der Waals surface area contributed by atoms with Crippen molar-refractivity contribution in [3.8, 4) is 0 Å². The van der Waals surface area contributed by atoms with Crippen molar-refractivity contribution in [2.75, 3.05) is 13.7 Å². The molecule has 1 atom stereocenters. The summed E-state index contributed by atoms with van der Waals surface area (Å²) in [6.07, 6.45) is -0.241. The lowest BCUT2D eigenvalue weighted by molar-refractivity contribution is 0.0592. The van der Waals surface area contributed by atoms with Crippen LogP contribution in [0.3, 0.4) is 0 Å². The van der Waals surface area contributed by atoms with E-state index in [1.165, 1.54) is 18.4 Å². The molecule has 19 heavy (non-hydrogen) atoms. The molecule has 0 fully saturated rings. The summed E-state index contributed by atoms with van der Waals surface area (Å²) in [5.41, 5.74) is 1.35. The van der Waals surface area contributed by atoms with Crippen LogP contribution in [-0.4, -0.2) is 24.7 Å².